The van der Waals surface area contributed by atoms with E-state index in [0.717, 1.165) is 5.39 Å². The summed E-state index contributed by atoms with van der Waals surface area (Å²) in [5.41, 5.74) is 0.670. The molecule has 2 nitrogen and oxygen atoms in total. The number of hydrogen-bond acceptors (Lipinski definition) is 2. The molecule has 0 amide bonds. The van der Waals surface area contributed by atoms with Crippen molar-refractivity contribution in [2.75, 3.05) is 0 Å². The van der Waals surface area contributed by atoms with Crippen molar-refractivity contribution in [3.8, 4) is 0 Å². The van der Waals surface area contributed by atoms with E-state index in [1.165, 1.54) is 0 Å². The normalized spacial score (nSPS) is 11.9. The molecule has 0 aliphatic rings. The molecule has 0 heterocycles. The van der Waals surface area contributed by atoms with Gasteiger partial charge < -0.3 is 0 Å². The fourth-order valence-electron chi connectivity index (χ4n) is 1.68. The van der Waals surface area contributed by atoms with E-state index in [1.807, 2.05) is 18.2 Å². The Labute approximate surface area is 92.9 Å². The Balaban J connectivity index is 2.99. The van der Waals surface area contributed by atoms with Gasteiger partial charge in [0.1, 0.15) is 0 Å². The van der Waals surface area contributed by atoms with Gasteiger partial charge in [-0.15, -0.1) is 0 Å². The molecule has 15 heavy (non-hydrogen) atoms. The first kappa shape index (κ1) is 10.5. The van der Waals surface area contributed by atoms with E-state index < -0.39 is 9.05 Å². The molecule has 0 N–H and O–H groups in total. The summed E-state index contributed by atoms with van der Waals surface area (Å²) in [6, 6.07) is 10.9. The van der Waals surface area contributed by atoms with Crippen LogP contribution in [0.3, 0.4) is 0 Å². The van der Waals surface area contributed by atoms with Gasteiger partial charge in [0.2, 0.25) is 0 Å². The highest BCUT2D eigenvalue weighted by Gasteiger charge is 2.16. The predicted molar refractivity (Wildman–Crippen MR) is 61.7 cm³/mol. The van der Waals surface area contributed by atoms with Crippen molar-refractivity contribution >= 4 is 30.5 Å². The molecule has 0 aromatic heterocycles. The maximum atomic E-state index is 11.4. The molecule has 0 atom stereocenters. The molecule has 78 valence electrons. The lowest BCUT2D eigenvalue weighted by molar-refractivity contribution is 0.610. The van der Waals surface area contributed by atoms with Crippen LogP contribution in [0.2, 0.25) is 0 Å². The Bertz CT molecular complexity index is 618. The van der Waals surface area contributed by atoms with E-state index in [-0.39, 0.29) is 4.90 Å². The monoisotopic (exact) mass is 240 g/mol. The molecule has 4 heteroatoms. The first-order valence-electron chi connectivity index (χ1n) is 4.43. The van der Waals surface area contributed by atoms with Crippen molar-refractivity contribution in [3.63, 3.8) is 0 Å². The SMILES string of the molecule is Cc1ccc2ccccc2c1S(=O)(=O)Cl. The van der Waals surface area contributed by atoms with E-state index in [2.05, 4.69) is 0 Å². The summed E-state index contributed by atoms with van der Waals surface area (Å²) in [5, 5.41) is 1.55. The molecule has 2 aromatic rings. The van der Waals surface area contributed by atoms with E-state index in [0.29, 0.717) is 10.9 Å². The topological polar surface area (TPSA) is 34.1 Å². The minimum absolute atomic E-state index is 0.210. The zero-order chi connectivity index (χ0) is 11.1. The Hall–Kier alpha value is -1.06. The second-order valence-corrected chi connectivity index (χ2v) is 5.87. The van der Waals surface area contributed by atoms with Crippen LogP contribution in [0.25, 0.3) is 10.8 Å². The van der Waals surface area contributed by atoms with Crippen molar-refractivity contribution in [1.82, 2.24) is 0 Å². The van der Waals surface area contributed by atoms with Crippen LogP contribution in [0.4, 0.5) is 0 Å². The van der Waals surface area contributed by atoms with Crippen molar-refractivity contribution in [1.29, 1.82) is 0 Å². The van der Waals surface area contributed by atoms with E-state index in [4.69, 9.17) is 10.7 Å². The first-order chi connectivity index (χ1) is 7.00. The molecule has 0 fully saturated rings. The van der Waals surface area contributed by atoms with Crippen molar-refractivity contribution in [2.45, 2.75) is 11.8 Å². The van der Waals surface area contributed by atoms with Crippen LogP contribution in [-0.4, -0.2) is 8.42 Å². The standard InChI is InChI=1S/C11H9ClO2S/c1-8-6-7-9-4-2-3-5-10(9)11(8)15(12,13)14/h2-7H,1H3. The highest BCUT2D eigenvalue weighted by Crippen LogP contribution is 2.28. The van der Waals surface area contributed by atoms with E-state index in [9.17, 15) is 8.42 Å². The molecule has 0 saturated carbocycles. The van der Waals surface area contributed by atoms with Gasteiger partial charge in [0.15, 0.2) is 0 Å². The van der Waals surface area contributed by atoms with Gasteiger partial charge in [-0.25, -0.2) is 8.42 Å². The second-order valence-electron chi connectivity index (χ2n) is 3.37. The maximum absolute atomic E-state index is 11.4. The highest BCUT2D eigenvalue weighted by molar-refractivity contribution is 8.14. The van der Waals surface area contributed by atoms with Crippen LogP contribution in [0.15, 0.2) is 41.3 Å². The molecule has 0 bridgehead atoms. The number of benzene rings is 2. The Morgan fingerprint density at radius 2 is 1.73 bits per heavy atom. The summed E-state index contributed by atoms with van der Waals surface area (Å²) in [4.78, 5) is 0.210. The first-order valence-corrected chi connectivity index (χ1v) is 6.74. The van der Waals surface area contributed by atoms with Gasteiger partial charge in [-0.2, -0.15) is 0 Å². The van der Waals surface area contributed by atoms with Crippen LogP contribution in [0.5, 0.6) is 0 Å². The molecule has 0 aliphatic heterocycles. The number of aryl methyl sites for hydroxylation is 1. The van der Waals surface area contributed by atoms with E-state index >= 15 is 0 Å². The lowest BCUT2D eigenvalue weighted by atomic mass is 10.1. The lowest BCUT2D eigenvalue weighted by Crippen LogP contribution is -1.95. The quantitative estimate of drug-likeness (QED) is 0.718. The minimum Gasteiger partial charge on any atom is -0.207 e. The third kappa shape index (κ3) is 1.85. The summed E-state index contributed by atoms with van der Waals surface area (Å²) in [6.45, 7) is 1.74. The third-order valence-corrected chi connectivity index (χ3v) is 3.81. The molecule has 0 unspecified atom stereocenters. The Kier molecular flexibility index (Phi) is 2.44. The zero-order valence-corrected chi connectivity index (χ0v) is 9.64. The molecule has 0 radical (unpaired) electrons. The van der Waals surface area contributed by atoms with Crippen LogP contribution in [-0.2, 0) is 9.05 Å². The minimum atomic E-state index is -3.69. The van der Waals surface area contributed by atoms with E-state index in [1.54, 1.807) is 25.1 Å². The summed E-state index contributed by atoms with van der Waals surface area (Å²) in [7, 11) is 1.73. The molecule has 0 aliphatic carbocycles. The predicted octanol–water partition coefficient (Wildman–Crippen LogP) is 3.08. The third-order valence-electron chi connectivity index (χ3n) is 2.32. The number of hydrogen-bond donors (Lipinski definition) is 0. The number of fused-ring (bicyclic) bond motifs is 1. The van der Waals surface area contributed by atoms with Crippen LogP contribution < -0.4 is 0 Å². The molecule has 2 aromatic carbocycles. The van der Waals surface area contributed by atoms with Gasteiger partial charge in [0.05, 0.1) is 4.90 Å². The summed E-state index contributed by atoms with van der Waals surface area (Å²) in [5.74, 6) is 0. The Morgan fingerprint density at radius 3 is 2.40 bits per heavy atom. The van der Waals surface area contributed by atoms with Crippen molar-refractivity contribution < 1.29 is 8.42 Å². The molecule has 2 rings (SSSR count). The molecular formula is C11H9ClO2S. The zero-order valence-electron chi connectivity index (χ0n) is 8.07. The smallest absolute Gasteiger partial charge is 0.207 e. The van der Waals surface area contributed by atoms with Crippen LogP contribution >= 0.6 is 10.7 Å². The van der Waals surface area contributed by atoms with Gasteiger partial charge in [-0.3, -0.25) is 0 Å². The summed E-state index contributed by atoms with van der Waals surface area (Å²) < 4.78 is 22.9. The molecule has 0 spiro atoms. The van der Waals surface area contributed by atoms with Crippen LogP contribution in [0, 0.1) is 6.92 Å². The molecular weight excluding hydrogens is 232 g/mol. The second kappa shape index (κ2) is 3.51. The summed E-state index contributed by atoms with van der Waals surface area (Å²) >= 11 is 0. The largest absolute Gasteiger partial charge is 0.262 e. The lowest BCUT2D eigenvalue weighted by Gasteiger charge is -2.06. The van der Waals surface area contributed by atoms with Crippen molar-refractivity contribution in [2.24, 2.45) is 0 Å². The maximum Gasteiger partial charge on any atom is 0.262 e. The van der Waals surface area contributed by atoms with Gasteiger partial charge in [0.25, 0.3) is 9.05 Å². The average molecular weight is 241 g/mol. The van der Waals surface area contributed by atoms with Gasteiger partial charge in [0, 0.05) is 16.1 Å². The average Bonchev–Trinajstić information content (AvgIpc) is 2.15. The number of rotatable bonds is 1. The van der Waals surface area contributed by atoms with Gasteiger partial charge in [-0.1, -0.05) is 36.4 Å². The fraction of sp³-hybridized carbons (Fsp3) is 0.0909. The van der Waals surface area contributed by atoms with Gasteiger partial charge >= 0.3 is 0 Å². The Morgan fingerprint density at radius 1 is 1.07 bits per heavy atom. The summed E-state index contributed by atoms with van der Waals surface area (Å²) in [6.07, 6.45) is 0. The van der Waals surface area contributed by atoms with Gasteiger partial charge in [-0.05, 0) is 17.9 Å². The van der Waals surface area contributed by atoms with Crippen LogP contribution in [0.1, 0.15) is 5.56 Å². The van der Waals surface area contributed by atoms with Crippen molar-refractivity contribution in [3.05, 3.63) is 42.0 Å². The molecule has 0 saturated heterocycles. The number of halogens is 1. The fourth-order valence-corrected chi connectivity index (χ4v) is 3.19. The highest BCUT2D eigenvalue weighted by atomic mass is 35.7.